The van der Waals surface area contributed by atoms with Crippen LogP contribution in [0.1, 0.15) is 46.0 Å². The molecule has 0 spiro atoms. The smallest absolute Gasteiger partial charge is 0.0193 e. The lowest BCUT2D eigenvalue weighted by Crippen LogP contribution is -2.55. The van der Waals surface area contributed by atoms with Crippen LogP contribution in [0.15, 0.2) is 0 Å². The molecule has 0 aromatic rings. The standard InChI is InChI=1S/C14H30N2S/c1-4-14-12-16(13(2)11-15-14)9-7-5-6-8-10-17-3/h13-15H,4-12H2,1-3H3. The van der Waals surface area contributed by atoms with Gasteiger partial charge in [-0.25, -0.2) is 0 Å². The SMILES string of the molecule is CCC1CN(CCCCCCSC)C(C)CN1. The van der Waals surface area contributed by atoms with Crippen molar-refractivity contribution in [2.45, 2.75) is 58.0 Å². The third-order valence-corrected chi connectivity index (χ3v) is 4.51. The van der Waals surface area contributed by atoms with Gasteiger partial charge in [-0.15, -0.1) is 0 Å². The lowest BCUT2D eigenvalue weighted by atomic mass is 10.1. The molecule has 0 radical (unpaired) electrons. The summed E-state index contributed by atoms with van der Waals surface area (Å²) in [6.07, 6.45) is 9.07. The summed E-state index contributed by atoms with van der Waals surface area (Å²) in [5.41, 5.74) is 0. The van der Waals surface area contributed by atoms with Gasteiger partial charge >= 0.3 is 0 Å². The highest BCUT2D eigenvalue weighted by molar-refractivity contribution is 7.98. The molecule has 0 bridgehead atoms. The first-order valence-electron chi connectivity index (χ1n) is 7.24. The van der Waals surface area contributed by atoms with Crippen LogP contribution in [0.25, 0.3) is 0 Å². The molecule has 0 aromatic carbocycles. The van der Waals surface area contributed by atoms with E-state index >= 15 is 0 Å². The van der Waals surface area contributed by atoms with Crippen molar-refractivity contribution < 1.29 is 0 Å². The van der Waals surface area contributed by atoms with Gasteiger partial charge in [-0.3, -0.25) is 4.90 Å². The number of hydrogen-bond donors (Lipinski definition) is 1. The van der Waals surface area contributed by atoms with E-state index in [1.165, 1.54) is 57.5 Å². The van der Waals surface area contributed by atoms with Gasteiger partial charge in [-0.2, -0.15) is 11.8 Å². The van der Waals surface area contributed by atoms with Crippen molar-refractivity contribution in [1.29, 1.82) is 0 Å². The van der Waals surface area contributed by atoms with E-state index in [0.717, 1.165) is 12.1 Å². The van der Waals surface area contributed by atoms with Crippen LogP contribution < -0.4 is 5.32 Å². The first kappa shape index (κ1) is 15.3. The number of thioether (sulfide) groups is 1. The predicted molar refractivity (Wildman–Crippen MR) is 80.0 cm³/mol. The summed E-state index contributed by atoms with van der Waals surface area (Å²) in [6.45, 7) is 8.37. The third kappa shape index (κ3) is 6.12. The van der Waals surface area contributed by atoms with Gasteiger partial charge < -0.3 is 5.32 Å². The molecule has 2 atom stereocenters. The quantitative estimate of drug-likeness (QED) is 0.674. The summed E-state index contributed by atoms with van der Waals surface area (Å²) in [7, 11) is 0. The Labute approximate surface area is 112 Å². The molecular formula is C14H30N2S. The van der Waals surface area contributed by atoms with Crippen molar-refractivity contribution >= 4 is 11.8 Å². The van der Waals surface area contributed by atoms with Gasteiger partial charge in [0.1, 0.15) is 0 Å². The average molecular weight is 258 g/mol. The summed E-state index contributed by atoms with van der Waals surface area (Å²) in [6, 6.07) is 1.45. The Morgan fingerprint density at radius 1 is 1.24 bits per heavy atom. The Morgan fingerprint density at radius 2 is 2.00 bits per heavy atom. The van der Waals surface area contributed by atoms with Crippen molar-refractivity contribution in [3.05, 3.63) is 0 Å². The number of rotatable bonds is 8. The summed E-state index contributed by atoms with van der Waals surface area (Å²) in [4.78, 5) is 2.68. The molecule has 1 aliphatic heterocycles. The molecule has 0 saturated carbocycles. The lowest BCUT2D eigenvalue weighted by molar-refractivity contribution is 0.136. The average Bonchev–Trinajstić information content (AvgIpc) is 2.35. The Kier molecular flexibility index (Phi) is 8.33. The van der Waals surface area contributed by atoms with E-state index in [9.17, 15) is 0 Å². The minimum atomic E-state index is 0.725. The maximum Gasteiger partial charge on any atom is 0.0193 e. The zero-order chi connectivity index (χ0) is 12.5. The fourth-order valence-electron chi connectivity index (χ4n) is 2.49. The molecule has 2 nitrogen and oxygen atoms in total. The van der Waals surface area contributed by atoms with Crippen molar-refractivity contribution in [2.24, 2.45) is 0 Å². The van der Waals surface area contributed by atoms with Gasteiger partial charge in [-0.05, 0) is 44.7 Å². The fourth-order valence-corrected chi connectivity index (χ4v) is 2.99. The second-order valence-electron chi connectivity index (χ2n) is 5.26. The summed E-state index contributed by atoms with van der Waals surface area (Å²) >= 11 is 1.97. The van der Waals surface area contributed by atoms with Crippen LogP contribution >= 0.6 is 11.8 Å². The Bertz CT molecular complexity index is 187. The van der Waals surface area contributed by atoms with Crippen molar-refractivity contribution in [3.63, 3.8) is 0 Å². The van der Waals surface area contributed by atoms with E-state index in [1.54, 1.807) is 0 Å². The summed E-state index contributed by atoms with van der Waals surface area (Å²) in [5, 5.41) is 3.62. The van der Waals surface area contributed by atoms with E-state index in [0.29, 0.717) is 0 Å². The van der Waals surface area contributed by atoms with Crippen molar-refractivity contribution in [1.82, 2.24) is 10.2 Å². The number of nitrogens with zero attached hydrogens (tertiary/aromatic N) is 1. The second kappa shape index (κ2) is 9.23. The van der Waals surface area contributed by atoms with Gasteiger partial charge in [0.05, 0.1) is 0 Å². The van der Waals surface area contributed by atoms with E-state index in [-0.39, 0.29) is 0 Å². The lowest BCUT2D eigenvalue weighted by Gasteiger charge is -2.38. The zero-order valence-corrected chi connectivity index (χ0v) is 12.7. The first-order valence-corrected chi connectivity index (χ1v) is 8.63. The second-order valence-corrected chi connectivity index (χ2v) is 6.25. The highest BCUT2D eigenvalue weighted by Crippen LogP contribution is 2.11. The molecule has 1 rings (SSSR count). The Morgan fingerprint density at radius 3 is 2.71 bits per heavy atom. The van der Waals surface area contributed by atoms with Gasteiger partial charge in [0, 0.05) is 25.2 Å². The monoisotopic (exact) mass is 258 g/mol. The molecule has 17 heavy (non-hydrogen) atoms. The molecule has 0 aliphatic carbocycles. The van der Waals surface area contributed by atoms with Crippen LogP contribution in [-0.4, -0.2) is 48.6 Å². The third-order valence-electron chi connectivity index (χ3n) is 3.82. The molecule has 102 valence electrons. The highest BCUT2D eigenvalue weighted by atomic mass is 32.2. The van der Waals surface area contributed by atoms with Gasteiger partial charge in [0.15, 0.2) is 0 Å². The zero-order valence-electron chi connectivity index (χ0n) is 11.9. The predicted octanol–water partition coefficient (Wildman–Crippen LogP) is 2.98. The van der Waals surface area contributed by atoms with Crippen LogP contribution in [0.4, 0.5) is 0 Å². The normalized spacial score (nSPS) is 26.3. The van der Waals surface area contributed by atoms with E-state index in [2.05, 4.69) is 30.3 Å². The van der Waals surface area contributed by atoms with Crippen molar-refractivity contribution in [2.75, 3.05) is 31.6 Å². The summed E-state index contributed by atoms with van der Waals surface area (Å²) in [5.74, 6) is 1.34. The highest BCUT2D eigenvalue weighted by Gasteiger charge is 2.22. The van der Waals surface area contributed by atoms with E-state index in [4.69, 9.17) is 0 Å². The largest absolute Gasteiger partial charge is 0.311 e. The van der Waals surface area contributed by atoms with Gasteiger partial charge in [0.25, 0.3) is 0 Å². The molecule has 0 amide bonds. The van der Waals surface area contributed by atoms with Crippen LogP contribution in [-0.2, 0) is 0 Å². The molecule has 1 heterocycles. The minimum Gasteiger partial charge on any atom is -0.311 e. The molecule has 2 unspecified atom stereocenters. The molecule has 1 aliphatic rings. The van der Waals surface area contributed by atoms with Gasteiger partial charge in [-0.1, -0.05) is 19.8 Å². The van der Waals surface area contributed by atoms with Gasteiger partial charge in [0.2, 0.25) is 0 Å². The number of hydrogen-bond acceptors (Lipinski definition) is 3. The topological polar surface area (TPSA) is 15.3 Å². The first-order chi connectivity index (χ1) is 8.27. The van der Waals surface area contributed by atoms with Crippen LogP contribution in [0, 0.1) is 0 Å². The number of unbranched alkanes of at least 4 members (excludes halogenated alkanes) is 3. The molecule has 1 N–H and O–H groups in total. The van der Waals surface area contributed by atoms with E-state index < -0.39 is 0 Å². The molecule has 1 fully saturated rings. The molecule has 1 saturated heterocycles. The number of piperazine rings is 1. The maximum atomic E-state index is 3.62. The van der Waals surface area contributed by atoms with E-state index in [1.807, 2.05) is 11.8 Å². The van der Waals surface area contributed by atoms with Crippen LogP contribution in [0.3, 0.4) is 0 Å². The Balaban J connectivity index is 2.07. The molecular weight excluding hydrogens is 228 g/mol. The molecule has 0 aromatic heterocycles. The number of nitrogens with one attached hydrogen (secondary N) is 1. The van der Waals surface area contributed by atoms with Crippen LogP contribution in [0.5, 0.6) is 0 Å². The van der Waals surface area contributed by atoms with Crippen LogP contribution in [0.2, 0.25) is 0 Å². The fraction of sp³-hybridized carbons (Fsp3) is 1.00. The minimum absolute atomic E-state index is 0.725. The molecule has 3 heteroatoms. The Hall–Kier alpha value is 0.270. The summed E-state index contributed by atoms with van der Waals surface area (Å²) < 4.78 is 0. The van der Waals surface area contributed by atoms with Crippen molar-refractivity contribution in [3.8, 4) is 0 Å². The maximum absolute atomic E-state index is 3.62.